The van der Waals surface area contributed by atoms with E-state index in [4.69, 9.17) is 38.6 Å². The van der Waals surface area contributed by atoms with Crippen molar-refractivity contribution < 1.29 is 75.8 Å². The van der Waals surface area contributed by atoms with E-state index < -0.39 is 19.3 Å². The number of methoxy groups -OCH3 is 3. The van der Waals surface area contributed by atoms with Gasteiger partial charge in [0.15, 0.2) is 8.32 Å². The second-order valence-electron chi connectivity index (χ2n) is 23.7. The molecule has 2 rings (SSSR count). The van der Waals surface area contributed by atoms with Gasteiger partial charge < -0.3 is 73.6 Å². The highest BCUT2D eigenvalue weighted by molar-refractivity contribution is 6.74. The quantitative estimate of drug-likeness (QED) is 0.0268. The zero-order chi connectivity index (χ0) is 58.1. The fraction of sp³-hybridized carbons (Fsp3) is 0.893. The van der Waals surface area contributed by atoms with Crippen LogP contribution in [0.25, 0.3) is 0 Å². The minimum absolute atomic E-state index is 0.0116. The summed E-state index contributed by atoms with van der Waals surface area (Å²) in [4.78, 5) is 77.9. The van der Waals surface area contributed by atoms with Gasteiger partial charge >= 0.3 is 17.9 Å². The first-order valence-corrected chi connectivity index (χ1v) is 31.5. The monoisotopic (exact) mass is 1130 g/mol. The fourth-order valence-corrected chi connectivity index (χ4v) is 10.1. The highest BCUT2D eigenvalue weighted by Gasteiger charge is 2.48. The molecule has 0 aromatic carbocycles. The van der Waals surface area contributed by atoms with Gasteiger partial charge in [-0.1, -0.05) is 41.5 Å². The van der Waals surface area contributed by atoms with Crippen molar-refractivity contribution in [2.75, 3.05) is 140 Å². The van der Waals surface area contributed by atoms with E-state index in [0.29, 0.717) is 71.2 Å². The third-order valence-electron chi connectivity index (χ3n) is 15.1. The van der Waals surface area contributed by atoms with Gasteiger partial charge in [-0.3, -0.25) is 28.8 Å². The molecule has 0 aromatic rings. The lowest BCUT2D eigenvalue weighted by atomic mass is 9.80. The molecule has 0 saturated heterocycles. The summed E-state index contributed by atoms with van der Waals surface area (Å²) < 4.78 is 55.4. The number of hydrogen-bond donors (Lipinski definition) is 4. The van der Waals surface area contributed by atoms with E-state index in [0.717, 1.165) is 44.9 Å². The average molecular weight is 1130 g/mol. The van der Waals surface area contributed by atoms with Crippen LogP contribution in [0.5, 0.6) is 0 Å². The van der Waals surface area contributed by atoms with Crippen LogP contribution in [-0.2, 0) is 75.8 Å². The predicted molar refractivity (Wildman–Crippen MR) is 299 cm³/mol. The number of amides is 3. The minimum Gasteiger partial charge on any atom is -0.469 e. The molecule has 22 heteroatoms. The number of carbonyl (C=O) groups excluding carboxylic acids is 6. The molecule has 0 aromatic heterocycles. The topological polar surface area (TPSA) is 260 Å². The smallest absolute Gasteiger partial charge is 0.307 e. The highest BCUT2D eigenvalue weighted by Crippen LogP contribution is 2.47. The SMILES string of the molecule is COC(=O)CCOCCCOCC(COCCCOCCC(=O)OC)(COCCCOCCC(=O)OC)NC(=O)CNCCC(=O)NCC1CCC(N(CC2(CN)CC2)C(=O)C(C)(C)C[C@@H](C)CCO[Si](C)(C)C(C)(C)C)C1. The third kappa shape index (κ3) is 29.4. The van der Waals surface area contributed by atoms with Gasteiger partial charge in [-0.15, -0.1) is 0 Å². The Labute approximate surface area is 468 Å². The fourth-order valence-electron chi connectivity index (χ4n) is 9.02. The van der Waals surface area contributed by atoms with Crippen LogP contribution in [0, 0.1) is 22.7 Å². The number of nitrogens with zero attached hydrogens (tertiary/aromatic N) is 1. The Morgan fingerprint density at radius 3 is 1.60 bits per heavy atom. The van der Waals surface area contributed by atoms with Gasteiger partial charge in [-0.25, -0.2) is 0 Å². The summed E-state index contributed by atoms with van der Waals surface area (Å²) in [5.41, 5.74) is 4.61. The van der Waals surface area contributed by atoms with E-state index in [1.807, 2.05) is 0 Å². The van der Waals surface area contributed by atoms with E-state index in [9.17, 15) is 28.8 Å². The molecule has 3 atom stereocenters. The second kappa shape index (κ2) is 37.6. The Bertz CT molecular complexity index is 1670. The van der Waals surface area contributed by atoms with Crippen LogP contribution >= 0.6 is 0 Å². The molecule has 2 aliphatic carbocycles. The molecule has 3 amide bonds. The maximum Gasteiger partial charge on any atom is 0.307 e. The van der Waals surface area contributed by atoms with Gasteiger partial charge in [0.25, 0.3) is 0 Å². The zero-order valence-corrected chi connectivity index (χ0v) is 50.9. The lowest BCUT2D eigenvalue weighted by Gasteiger charge is -2.39. The Hall–Kier alpha value is -3.32. The Morgan fingerprint density at radius 1 is 0.667 bits per heavy atom. The summed E-state index contributed by atoms with van der Waals surface area (Å²) in [6, 6.07) is 0.0864. The van der Waals surface area contributed by atoms with Gasteiger partial charge in [0.2, 0.25) is 17.7 Å². The molecule has 21 nitrogen and oxygen atoms in total. The third-order valence-corrected chi connectivity index (χ3v) is 19.7. The number of rotatable bonds is 46. The normalized spacial score (nSPS) is 16.8. The number of hydrogen-bond acceptors (Lipinski definition) is 18. The van der Waals surface area contributed by atoms with Crippen molar-refractivity contribution in [1.29, 1.82) is 0 Å². The number of esters is 3. The summed E-state index contributed by atoms with van der Waals surface area (Å²) >= 11 is 0. The van der Waals surface area contributed by atoms with Crippen molar-refractivity contribution in [3.05, 3.63) is 0 Å². The maximum atomic E-state index is 14.6. The molecule has 0 aliphatic heterocycles. The predicted octanol–water partition coefficient (Wildman–Crippen LogP) is 5.10. The van der Waals surface area contributed by atoms with Gasteiger partial charge in [-0.05, 0) is 101 Å². The number of carbonyl (C=O) groups is 6. The molecular formula is C56H105N5O16Si. The van der Waals surface area contributed by atoms with Crippen LogP contribution < -0.4 is 21.7 Å². The van der Waals surface area contributed by atoms with Crippen molar-refractivity contribution >= 4 is 43.9 Å². The standard InChI is InChI=1S/C56H105N5O16Si/c1-44(18-34-77-78(10,11)53(2,3)4)36-54(5,6)52(67)61(40-55(39-57)22-23-55)46-16-15-45(35-46)37-59-47(62)17-24-58-38-48(63)60-56(41-74-28-12-25-71-31-19-49(64)68-7,42-75-29-13-26-72-32-20-50(65)69-8)43-76-30-14-27-73-33-21-51(66)70-9/h44-46,58H,12-43,57H2,1-11H3,(H,59,62)(H,60,63)/t44-,45?,46?/m0/s1. The summed E-state index contributed by atoms with van der Waals surface area (Å²) in [6.07, 6.45) is 8.49. The van der Waals surface area contributed by atoms with Gasteiger partial charge in [0.05, 0.1) is 86.8 Å². The summed E-state index contributed by atoms with van der Waals surface area (Å²) in [6.45, 7) is 22.9. The Balaban J connectivity index is 2.00. The number of nitrogens with one attached hydrogen (secondary N) is 3. The van der Waals surface area contributed by atoms with E-state index in [1.54, 1.807) is 0 Å². The molecule has 5 N–H and O–H groups in total. The van der Waals surface area contributed by atoms with Gasteiger partial charge in [0.1, 0.15) is 5.54 Å². The van der Waals surface area contributed by atoms with E-state index in [-0.39, 0.29) is 156 Å². The first-order chi connectivity index (χ1) is 37.0. The summed E-state index contributed by atoms with van der Waals surface area (Å²) in [5, 5.41) is 9.45. The number of nitrogens with two attached hydrogens (primary N) is 1. The molecule has 0 heterocycles. The maximum absolute atomic E-state index is 14.6. The van der Waals surface area contributed by atoms with Crippen LogP contribution in [0.2, 0.25) is 18.1 Å². The Morgan fingerprint density at radius 2 is 1.15 bits per heavy atom. The van der Waals surface area contributed by atoms with Crippen LogP contribution in [0.15, 0.2) is 0 Å². The molecule has 78 heavy (non-hydrogen) atoms. The molecule has 2 aliphatic rings. The molecule has 2 fully saturated rings. The first kappa shape index (κ1) is 70.8. The summed E-state index contributed by atoms with van der Waals surface area (Å²) in [7, 11) is 2.11. The molecule has 0 bridgehead atoms. The largest absolute Gasteiger partial charge is 0.469 e. The number of ether oxygens (including phenoxy) is 9. The van der Waals surface area contributed by atoms with Crippen molar-refractivity contribution in [2.45, 2.75) is 161 Å². The lowest BCUT2D eigenvalue weighted by Crippen LogP contribution is -2.60. The van der Waals surface area contributed by atoms with E-state index >= 15 is 0 Å². The summed E-state index contributed by atoms with van der Waals surface area (Å²) in [5.74, 6) is -0.828. The average Bonchev–Trinajstić information content (AvgIpc) is 4.02. The zero-order valence-electron chi connectivity index (χ0n) is 49.9. The van der Waals surface area contributed by atoms with E-state index in [2.05, 4.69) is 89.7 Å². The molecule has 2 saturated carbocycles. The lowest BCUT2D eigenvalue weighted by molar-refractivity contribution is -0.145. The highest BCUT2D eigenvalue weighted by atomic mass is 28.4. The van der Waals surface area contributed by atoms with Gasteiger partial charge in [0, 0.05) is 89.2 Å². The second-order valence-corrected chi connectivity index (χ2v) is 28.5. The van der Waals surface area contributed by atoms with Crippen LogP contribution in [0.3, 0.4) is 0 Å². The van der Waals surface area contributed by atoms with Crippen LogP contribution in [-0.4, -0.2) is 200 Å². The molecule has 0 spiro atoms. The molecular weight excluding hydrogens is 1030 g/mol. The molecule has 0 radical (unpaired) electrons. The molecule has 454 valence electrons. The van der Waals surface area contributed by atoms with Crippen LogP contribution in [0.4, 0.5) is 0 Å². The van der Waals surface area contributed by atoms with Crippen molar-refractivity contribution in [1.82, 2.24) is 20.9 Å². The van der Waals surface area contributed by atoms with Gasteiger partial charge in [-0.2, -0.15) is 0 Å². The Kier molecular flexibility index (Phi) is 34.2. The van der Waals surface area contributed by atoms with Crippen molar-refractivity contribution in [3.8, 4) is 0 Å². The van der Waals surface area contributed by atoms with Crippen molar-refractivity contribution in [2.24, 2.45) is 28.4 Å². The molecule has 2 unspecified atom stereocenters. The first-order valence-electron chi connectivity index (χ1n) is 28.6. The van der Waals surface area contributed by atoms with Crippen molar-refractivity contribution in [3.63, 3.8) is 0 Å². The van der Waals surface area contributed by atoms with E-state index in [1.165, 1.54) is 21.3 Å². The van der Waals surface area contributed by atoms with Crippen LogP contribution in [0.1, 0.15) is 131 Å². The minimum atomic E-state index is -1.86.